The Morgan fingerprint density at radius 3 is 2.26 bits per heavy atom. The van der Waals surface area contributed by atoms with Crippen molar-refractivity contribution in [3.63, 3.8) is 0 Å². The monoisotopic (exact) mass is 363 g/mol. The van der Waals surface area contributed by atoms with E-state index in [-0.39, 0.29) is 0 Å². The maximum Gasteiger partial charge on any atom is 0.416 e. The third-order valence-electron chi connectivity index (χ3n) is 2.99. The highest BCUT2D eigenvalue weighted by Crippen LogP contribution is 2.35. The van der Waals surface area contributed by atoms with E-state index >= 15 is 0 Å². The number of nitrogens with zero attached hydrogens (tertiary/aromatic N) is 1. The summed E-state index contributed by atoms with van der Waals surface area (Å²) in [6, 6.07) is 8.07. The van der Waals surface area contributed by atoms with E-state index in [1.165, 1.54) is 12.1 Å². The van der Waals surface area contributed by atoms with Crippen LogP contribution in [0.3, 0.4) is 0 Å². The molecule has 0 atom stereocenters. The molecule has 0 aliphatic rings. The maximum absolute atomic E-state index is 12.9. The highest BCUT2D eigenvalue weighted by atomic mass is 35.5. The first-order valence-corrected chi connectivity index (χ1v) is 7.40. The zero-order valence-electron chi connectivity index (χ0n) is 12.4. The Labute approximate surface area is 142 Å². The molecule has 2 nitrogen and oxygen atoms in total. The van der Waals surface area contributed by atoms with Crippen LogP contribution in [0, 0.1) is 0 Å². The first-order chi connectivity index (χ1) is 10.7. The second kappa shape index (κ2) is 6.99. The fourth-order valence-corrected chi connectivity index (χ4v) is 2.27. The van der Waals surface area contributed by atoms with E-state index in [1.54, 1.807) is 31.1 Å². The molecule has 2 aromatic rings. The average Bonchev–Trinajstić information content (AvgIpc) is 2.43. The summed E-state index contributed by atoms with van der Waals surface area (Å²) < 4.78 is 44.3. The maximum atomic E-state index is 12.9. The summed E-state index contributed by atoms with van der Waals surface area (Å²) in [5, 5.41) is 0.685. The van der Waals surface area contributed by atoms with E-state index < -0.39 is 11.7 Å². The van der Waals surface area contributed by atoms with Gasteiger partial charge < -0.3 is 9.64 Å². The van der Waals surface area contributed by atoms with Crippen LogP contribution in [0.1, 0.15) is 11.1 Å². The van der Waals surface area contributed by atoms with E-state index in [2.05, 4.69) is 0 Å². The average molecular weight is 364 g/mol. The lowest BCUT2D eigenvalue weighted by atomic mass is 10.1. The summed E-state index contributed by atoms with van der Waals surface area (Å²) in [5.74, 6) is 0.740. The molecule has 0 bridgehead atoms. The van der Waals surface area contributed by atoms with E-state index in [1.807, 2.05) is 0 Å². The van der Waals surface area contributed by atoms with Gasteiger partial charge in [0.15, 0.2) is 0 Å². The Hall–Kier alpha value is -1.43. The largest absolute Gasteiger partial charge is 0.457 e. The smallest absolute Gasteiger partial charge is 0.416 e. The van der Waals surface area contributed by atoms with Crippen LogP contribution in [0.5, 0.6) is 11.5 Å². The van der Waals surface area contributed by atoms with E-state index in [4.69, 9.17) is 27.9 Å². The summed E-state index contributed by atoms with van der Waals surface area (Å²) in [5.41, 5.74) is -0.285. The minimum absolute atomic E-state index is 0.306. The lowest BCUT2D eigenvalue weighted by Crippen LogP contribution is -2.13. The van der Waals surface area contributed by atoms with Crippen molar-refractivity contribution in [2.24, 2.45) is 0 Å². The van der Waals surface area contributed by atoms with E-state index in [9.17, 15) is 13.2 Å². The van der Waals surface area contributed by atoms with Gasteiger partial charge in [0.1, 0.15) is 11.5 Å². The van der Waals surface area contributed by atoms with Crippen LogP contribution in [-0.2, 0) is 12.7 Å². The van der Waals surface area contributed by atoms with Gasteiger partial charge in [0.25, 0.3) is 0 Å². The quantitative estimate of drug-likeness (QED) is 0.673. The van der Waals surface area contributed by atoms with Gasteiger partial charge in [-0.1, -0.05) is 23.2 Å². The van der Waals surface area contributed by atoms with Crippen molar-refractivity contribution in [2.45, 2.75) is 12.7 Å². The second-order valence-corrected chi connectivity index (χ2v) is 6.05. The molecule has 0 heterocycles. The summed E-state index contributed by atoms with van der Waals surface area (Å²) in [7, 11) is 3.53. The SMILES string of the molecule is CN(C)Cc1cc(C(F)(F)F)ccc1Oc1ccc(Cl)c(Cl)c1. The van der Waals surface area contributed by atoms with Gasteiger partial charge >= 0.3 is 6.18 Å². The fourth-order valence-electron chi connectivity index (χ4n) is 1.99. The van der Waals surface area contributed by atoms with Crippen LogP contribution >= 0.6 is 23.2 Å². The summed E-state index contributed by atoms with van der Waals surface area (Å²) in [4.78, 5) is 1.76. The molecule has 7 heteroatoms. The molecular formula is C16H14Cl2F3NO. The van der Waals surface area contributed by atoms with E-state index in [0.717, 1.165) is 12.1 Å². The van der Waals surface area contributed by atoms with Crippen LogP contribution in [0.15, 0.2) is 36.4 Å². The van der Waals surface area contributed by atoms with E-state index in [0.29, 0.717) is 33.7 Å². The third-order valence-corrected chi connectivity index (χ3v) is 3.73. The molecule has 2 aromatic carbocycles. The molecule has 23 heavy (non-hydrogen) atoms. The number of alkyl halides is 3. The molecule has 0 amide bonds. The molecule has 0 radical (unpaired) electrons. The number of rotatable bonds is 4. The topological polar surface area (TPSA) is 12.5 Å². The molecular weight excluding hydrogens is 350 g/mol. The highest BCUT2D eigenvalue weighted by Gasteiger charge is 2.31. The first-order valence-electron chi connectivity index (χ1n) is 6.64. The lowest BCUT2D eigenvalue weighted by molar-refractivity contribution is -0.137. The molecule has 0 fully saturated rings. The Kier molecular flexibility index (Phi) is 5.45. The number of halogens is 5. The summed E-state index contributed by atoms with van der Waals surface area (Å²) in [6.07, 6.45) is -4.40. The first kappa shape index (κ1) is 17.9. The molecule has 0 aromatic heterocycles. The van der Waals surface area contributed by atoms with Gasteiger partial charge in [0.2, 0.25) is 0 Å². The van der Waals surface area contributed by atoms with Gasteiger partial charge in [0, 0.05) is 18.2 Å². The van der Waals surface area contributed by atoms with Crippen molar-refractivity contribution in [3.8, 4) is 11.5 Å². The van der Waals surface area contributed by atoms with Crippen molar-refractivity contribution in [2.75, 3.05) is 14.1 Å². The number of benzene rings is 2. The molecule has 0 aliphatic carbocycles. The molecule has 0 spiro atoms. The van der Waals surface area contributed by atoms with Crippen LogP contribution < -0.4 is 4.74 Å². The van der Waals surface area contributed by atoms with Crippen molar-refractivity contribution < 1.29 is 17.9 Å². The van der Waals surface area contributed by atoms with Crippen LogP contribution in [0.2, 0.25) is 10.0 Å². The Morgan fingerprint density at radius 2 is 1.70 bits per heavy atom. The predicted molar refractivity (Wildman–Crippen MR) is 85.4 cm³/mol. The Bertz CT molecular complexity index is 702. The minimum Gasteiger partial charge on any atom is -0.457 e. The number of ether oxygens (including phenoxy) is 1. The third kappa shape index (κ3) is 4.77. The van der Waals surface area contributed by atoms with Gasteiger partial charge in [-0.2, -0.15) is 13.2 Å². The van der Waals surface area contributed by atoms with Crippen molar-refractivity contribution in [1.82, 2.24) is 4.90 Å². The fraction of sp³-hybridized carbons (Fsp3) is 0.250. The standard InChI is InChI=1S/C16H14Cl2F3NO/c1-22(2)9-10-7-11(16(19,20)21)3-6-15(10)23-12-4-5-13(17)14(18)8-12/h3-8H,9H2,1-2H3. The van der Waals surface area contributed by atoms with Crippen molar-refractivity contribution >= 4 is 23.2 Å². The van der Waals surface area contributed by atoms with Crippen molar-refractivity contribution in [1.29, 1.82) is 0 Å². The normalized spacial score (nSPS) is 11.8. The molecule has 0 aliphatic heterocycles. The molecule has 0 saturated heterocycles. The van der Waals surface area contributed by atoms with Crippen LogP contribution in [-0.4, -0.2) is 19.0 Å². The summed E-state index contributed by atoms with van der Waals surface area (Å²) in [6.45, 7) is 0.306. The predicted octanol–water partition coefficient (Wildman–Crippen LogP) is 5.87. The van der Waals surface area contributed by atoms with Gasteiger partial charge in [-0.05, 0) is 44.4 Å². The second-order valence-electron chi connectivity index (χ2n) is 5.24. The zero-order chi connectivity index (χ0) is 17.2. The number of hydrogen-bond acceptors (Lipinski definition) is 2. The molecule has 124 valence electrons. The van der Waals surface area contributed by atoms with Crippen LogP contribution in [0.4, 0.5) is 13.2 Å². The Balaban J connectivity index is 2.38. The molecule has 0 N–H and O–H groups in total. The highest BCUT2D eigenvalue weighted by molar-refractivity contribution is 6.42. The number of hydrogen-bond donors (Lipinski definition) is 0. The van der Waals surface area contributed by atoms with Crippen LogP contribution in [0.25, 0.3) is 0 Å². The van der Waals surface area contributed by atoms with Gasteiger partial charge in [-0.15, -0.1) is 0 Å². The minimum atomic E-state index is -4.40. The van der Waals surface area contributed by atoms with Gasteiger partial charge in [0.05, 0.1) is 15.6 Å². The Morgan fingerprint density at radius 1 is 1.00 bits per heavy atom. The van der Waals surface area contributed by atoms with Crippen molar-refractivity contribution in [3.05, 3.63) is 57.6 Å². The van der Waals surface area contributed by atoms with Gasteiger partial charge in [-0.3, -0.25) is 0 Å². The van der Waals surface area contributed by atoms with Gasteiger partial charge in [-0.25, -0.2) is 0 Å². The lowest BCUT2D eigenvalue weighted by Gasteiger charge is -2.17. The summed E-state index contributed by atoms with van der Waals surface area (Å²) >= 11 is 11.8. The zero-order valence-corrected chi connectivity index (χ0v) is 13.9. The molecule has 2 rings (SSSR count). The molecule has 0 saturated carbocycles. The molecule has 0 unspecified atom stereocenters.